The number of nitrogen functional groups attached to an aromatic ring is 1. The molecular weight excluding hydrogens is 384 g/mol. The number of nitrogens with two attached hydrogens (primary N) is 1. The number of aromatic nitrogens is 1. The molecule has 0 saturated heterocycles. The van der Waals surface area contributed by atoms with Gasteiger partial charge in [0.05, 0.1) is 5.69 Å². The van der Waals surface area contributed by atoms with Gasteiger partial charge in [-0.15, -0.1) is 0 Å². The lowest BCUT2D eigenvalue weighted by Crippen LogP contribution is -2.35. The Labute approximate surface area is 172 Å². The number of carbonyl (C=O) groups is 2. The Kier molecular flexibility index (Phi) is 5.83. The van der Waals surface area contributed by atoms with Crippen molar-refractivity contribution in [3.63, 3.8) is 0 Å². The number of amides is 1. The molecule has 1 amide bonds. The zero-order valence-corrected chi connectivity index (χ0v) is 16.3. The Morgan fingerprint density at radius 1 is 1.27 bits per heavy atom. The molecule has 0 bridgehead atoms. The molecule has 0 atom stereocenters. The van der Waals surface area contributed by atoms with Gasteiger partial charge >= 0.3 is 0 Å². The number of rotatable bonds is 1. The Bertz CT molecular complexity index is 1180. The van der Waals surface area contributed by atoms with E-state index in [1.165, 1.54) is 6.92 Å². The van der Waals surface area contributed by atoms with E-state index in [9.17, 15) is 15.2 Å². The molecule has 0 spiro atoms. The summed E-state index contributed by atoms with van der Waals surface area (Å²) in [7, 11) is 0. The SMILES string of the molecule is CC(=O)N1CCc2nc(N)c(C#N)c(-c3ccc(O)c4ccccc34)c2C1.O=CO. The lowest BCUT2D eigenvalue weighted by molar-refractivity contribution is -0.129. The van der Waals surface area contributed by atoms with Crippen LogP contribution in [0.2, 0.25) is 0 Å². The molecule has 1 aromatic heterocycles. The average Bonchev–Trinajstić information content (AvgIpc) is 2.74. The van der Waals surface area contributed by atoms with Gasteiger partial charge in [-0.3, -0.25) is 9.59 Å². The summed E-state index contributed by atoms with van der Waals surface area (Å²) >= 11 is 0. The summed E-state index contributed by atoms with van der Waals surface area (Å²) in [5.74, 6) is 0.353. The van der Waals surface area contributed by atoms with Crippen molar-refractivity contribution in [2.75, 3.05) is 12.3 Å². The van der Waals surface area contributed by atoms with Crippen LogP contribution in [0.3, 0.4) is 0 Å². The molecule has 0 fully saturated rings. The highest BCUT2D eigenvalue weighted by Crippen LogP contribution is 2.40. The highest BCUT2D eigenvalue weighted by Gasteiger charge is 2.27. The first-order valence-electron chi connectivity index (χ1n) is 9.18. The number of hydrogen-bond donors (Lipinski definition) is 3. The zero-order chi connectivity index (χ0) is 21.8. The van der Waals surface area contributed by atoms with Crippen molar-refractivity contribution in [3.05, 3.63) is 53.2 Å². The summed E-state index contributed by atoms with van der Waals surface area (Å²) in [6.45, 7) is 2.25. The van der Waals surface area contributed by atoms with Crippen LogP contribution in [-0.2, 0) is 22.6 Å². The van der Waals surface area contributed by atoms with E-state index in [0.29, 0.717) is 36.0 Å². The molecule has 2 aromatic carbocycles. The molecule has 0 aliphatic carbocycles. The lowest BCUT2D eigenvalue weighted by atomic mass is 9.88. The van der Waals surface area contributed by atoms with E-state index in [0.717, 1.165) is 22.2 Å². The minimum absolute atomic E-state index is 0.0162. The minimum Gasteiger partial charge on any atom is -0.507 e. The van der Waals surface area contributed by atoms with E-state index < -0.39 is 0 Å². The third-order valence-corrected chi connectivity index (χ3v) is 5.11. The number of phenols is 1. The molecule has 1 aliphatic rings. The molecule has 2 heterocycles. The van der Waals surface area contributed by atoms with Crippen LogP contribution in [-0.4, -0.2) is 39.0 Å². The van der Waals surface area contributed by atoms with Crippen molar-refractivity contribution >= 4 is 29.0 Å². The number of fused-ring (bicyclic) bond motifs is 2. The fourth-order valence-corrected chi connectivity index (χ4v) is 3.76. The second-order valence-electron chi connectivity index (χ2n) is 6.76. The van der Waals surface area contributed by atoms with E-state index in [2.05, 4.69) is 11.1 Å². The standard InChI is InChI=1S/C21H18N4O2.CH2O2/c1-12(26)25-9-8-18-17(11-25)20(16(10-22)21(23)24-18)15-6-7-19(27)14-5-3-2-4-13(14)15;2-1-3/h2-7,27H,8-9,11H2,1H3,(H2,23,24);1H,(H,2,3). The molecule has 1 aliphatic heterocycles. The number of anilines is 1. The fraction of sp³-hybridized carbons (Fsp3) is 0.182. The second kappa shape index (κ2) is 8.49. The van der Waals surface area contributed by atoms with E-state index >= 15 is 0 Å². The Hall–Kier alpha value is -4.12. The van der Waals surface area contributed by atoms with Crippen LogP contribution in [0.15, 0.2) is 36.4 Å². The van der Waals surface area contributed by atoms with Crippen molar-refractivity contribution in [1.29, 1.82) is 5.26 Å². The number of carbonyl (C=O) groups excluding carboxylic acids is 1. The maximum Gasteiger partial charge on any atom is 0.290 e. The number of benzene rings is 2. The van der Waals surface area contributed by atoms with Crippen molar-refractivity contribution in [1.82, 2.24) is 9.88 Å². The smallest absolute Gasteiger partial charge is 0.290 e. The van der Waals surface area contributed by atoms with Crippen LogP contribution in [0.5, 0.6) is 5.75 Å². The molecule has 152 valence electrons. The van der Waals surface area contributed by atoms with Crippen LogP contribution in [0.25, 0.3) is 21.9 Å². The summed E-state index contributed by atoms with van der Waals surface area (Å²) < 4.78 is 0. The number of nitrogens with zero attached hydrogens (tertiary/aromatic N) is 3. The normalized spacial score (nSPS) is 12.3. The second-order valence-corrected chi connectivity index (χ2v) is 6.76. The third kappa shape index (κ3) is 3.61. The van der Waals surface area contributed by atoms with Gasteiger partial charge in [-0.25, -0.2) is 4.98 Å². The molecule has 30 heavy (non-hydrogen) atoms. The number of hydrogen-bond acceptors (Lipinski definition) is 6. The van der Waals surface area contributed by atoms with Gasteiger partial charge in [-0.1, -0.05) is 24.3 Å². The number of pyridine rings is 1. The maximum atomic E-state index is 11.9. The zero-order valence-electron chi connectivity index (χ0n) is 16.3. The van der Waals surface area contributed by atoms with E-state index in [4.69, 9.17) is 15.6 Å². The summed E-state index contributed by atoms with van der Waals surface area (Å²) in [6, 6.07) is 13.1. The van der Waals surface area contributed by atoms with Crippen LogP contribution in [0.4, 0.5) is 5.82 Å². The van der Waals surface area contributed by atoms with Gasteiger partial charge in [0.1, 0.15) is 23.2 Å². The number of phenolic OH excluding ortho intramolecular Hbond substituents is 1. The summed E-state index contributed by atoms with van der Waals surface area (Å²) in [6.07, 6.45) is 0.591. The number of aromatic hydroxyl groups is 1. The topological polar surface area (TPSA) is 141 Å². The van der Waals surface area contributed by atoms with Crippen LogP contribution >= 0.6 is 0 Å². The summed E-state index contributed by atoms with van der Waals surface area (Å²) in [5, 5.41) is 28.4. The Morgan fingerprint density at radius 2 is 1.93 bits per heavy atom. The first kappa shape index (κ1) is 20.6. The van der Waals surface area contributed by atoms with Crippen molar-refractivity contribution in [2.24, 2.45) is 0 Å². The van der Waals surface area contributed by atoms with E-state index in [1.54, 1.807) is 17.0 Å². The van der Waals surface area contributed by atoms with Gasteiger partial charge in [-0.05, 0) is 23.1 Å². The Morgan fingerprint density at radius 3 is 2.57 bits per heavy atom. The molecule has 0 radical (unpaired) electrons. The van der Waals surface area contributed by atoms with Crippen molar-refractivity contribution in [2.45, 2.75) is 19.9 Å². The van der Waals surface area contributed by atoms with Gasteiger partial charge < -0.3 is 20.8 Å². The molecule has 4 rings (SSSR count). The highest BCUT2D eigenvalue weighted by molar-refractivity contribution is 6.02. The molecule has 0 saturated carbocycles. The number of carboxylic acid groups (broad SMARTS) is 1. The number of nitriles is 1. The highest BCUT2D eigenvalue weighted by atomic mass is 16.3. The third-order valence-electron chi connectivity index (χ3n) is 5.11. The first-order chi connectivity index (χ1) is 14.4. The fourth-order valence-electron chi connectivity index (χ4n) is 3.76. The van der Waals surface area contributed by atoms with Gasteiger partial charge in [0, 0.05) is 42.9 Å². The monoisotopic (exact) mass is 404 g/mol. The first-order valence-corrected chi connectivity index (χ1v) is 9.18. The maximum absolute atomic E-state index is 11.9. The van der Waals surface area contributed by atoms with E-state index in [1.807, 2.05) is 24.3 Å². The predicted molar refractivity (Wildman–Crippen MR) is 111 cm³/mol. The van der Waals surface area contributed by atoms with Gasteiger partial charge in [0.15, 0.2) is 0 Å². The van der Waals surface area contributed by atoms with Crippen molar-refractivity contribution in [3.8, 4) is 22.9 Å². The van der Waals surface area contributed by atoms with Crippen LogP contribution in [0, 0.1) is 11.3 Å². The van der Waals surface area contributed by atoms with Gasteiger partial charge in [0.2, 0.25) is 5.91 Å². The summed E-state index contributed by atoms with van der Waals surface area (Å²) in [4.78, 5) is 26.5. The molecule has 8 heteroatoms. The molecule has 0 unspecified atom stereocenters. The quantitative estimate of drug-likeness (QED) is 0.530. The minimum atomic E-state index is -0.250. The van der Waals surface area contributed by atoms with Gasteiger partial charge in [-0.2, -0.15) is 5.26 Å². The largest absolute Gasteiger partial charge is 0.507 e. The molecule has 8 nitrogen and oxygen atoms in total. The van der Waals surface area contributed by atoms with Crippen molar-refractivity contribution < 1.29 is 19.8 Å². The molecule has 4 N–H and O–H groups in total. The van der Waals surface area contributed by atoms with E-state index in [-0.39, 0.29) is 23.9 Å². The predicted octanol–water partition coefficient (Wildman–Crippen LogP) is 2.67. The van der Waals surface area contributed by atoms with Crippen LogP contribution in [0.1, 0.15) is 23.7 Å². The summed E-state index contributed by atoms with van der Waals surface area (Å²) in [5.41, 5.74) is 9.56. The Balaban J connectivity index is 0.000000806. The van der Waals surface area contributed by atoms with Crippen LogP contribution < -0.4 is 5.73 Å². The average molecular weight is 404 g/mol. The molecule has 3 aromatic rings. The molecular formula is C22H20N4O4. The van der Waals surface area contributed by atoms with Gasteiger partial charge in [0.25, 0.3) is 6.47 Å². The lowest BCUT2D eigenvalue weighted by Gasteiger charge is -2.30.